The summed E-state index contributed by atoms with van der Waals surface area (Å²) in [4.78, 5) is 27.7. The number of likely N-dealkylation sites (tertiary alicyclic amines) is 1. The van der Waals surface area contributed by atoms with E-state index in [4.69, 9.17) is 9.47 Å². The molecule has 1 atom stereocenters. The number of amides is 2. The number of ether oxygens (including phenoxy) is 2. The molecule has 0 radical (unpaired) electrons. The van der Waals surface area contributed by atoms with Crippen LogP contribution < -0.4 is 15.4 Å². The molecule has 1 aromatic rings. The first-order valence-electron chi connectivity index (χ1n) is 11.9. The van der Waals surface area contributed by atoms with E-state index in [-0.39, 0.29) is 22.8 Å². The number of rotatable bonds is 0. The second-order valence-electron chi connectivity index (χ2n) is 10.9. The lowest BCUT2D eigenvalue weighted by atomic mass is 9.76. The predicted octanol–water partition coefficient (Wildman–Crippen LogP) is 3.59. The van der Waals surface area contributed by atoms with E-state index >= 15 is 0 Å². The fourth-order valence-corrected chi connectivity index (χ4v) is 4.76. The monoisotopic (exact) mass is 443 g/mol. The summed E-state index contributed by atoms with van der Waals surface area (Å²) in [6.45, 7) is 9.87. The van der Waals surface area contributed by atoms with Gasteiger partial charge >= 0.3 is 6.09 Å². The standard InChI is InChI=1S/C25H37N3O4/c1-23(2,3)32-22(30)28-14-6-9-24(17-28)12-13-26-15-25(10-11-25)18-31-20-8-5-4-7-19(20)21(29)27-16-24/h4-5,7-8,26H,6,9-18H2,1-3H3,(H,27,29). The summed E-state index contributed by atoms with van der Waals surface area (Å²) in [5, 5.41) is 6.79. The van der Waals surface area contributed by atoms with Crippen molar-refractivity contribution in [3.8, 4) is 5.75 Å². The number of carbonyl (C=O) groups excluding carboxylic acids is 2. The van der Waals surface area contributed by atoms with Gasteiger partial charge in [0, 0.05) is 37.0 Å². The van der Waals surface area contributed by atoms with Gasteiger partial charge in [-0.15, -0.1) is 0 Å². The molecule has 7 heteroatoms. The van der Waals surface area contributed by atoms with Gasteiger partial charge in [0.1, 0.15) is 11.4 Å². The molecule has 1 saturated heterocycles. The maximum atomic E-state index is 13.1. The minimum absolute atomic E-state index is 0.119. The van der Waals surface area contributed by atoms with Crippen molar-refractivity contribution in [3.05, 3.63) is 29.8 Å². The average molecular weight is 444 g/mol. The van der Waals surface area contributed by atoms with Gasteiger partial charge in [-0.05, 0) is 71.6 Å². The number of fused-ring (bicyclic) bond motifs is 1. The van der Waals surface area contributed by atoms with Crippen molar-refractivity contribution in [2.75, 3.05) is 39.3 Å². The molecule has 1 unspecified atom stereocenters. The molecule has 0 aromatic heterocycles. The Kier molecular flexibility index (Phi) is 6.39. The minimum Gasteiger partial charge on any atom is -0.492 e. The maximum absolute atomic E-state index is 13.1. The van der Waals surface area contributed by atoms with Gasteiger partial charge in [-0.2, -0.15) is 0 Å². The molecule has 2 spiro atoms. The molecule has 32 heavy (non-hydrogen) atoms. The van der Waals surface area contributed by atoms with Gasteiger partial charge in [-0.3, -0.25) is 4.79 Å². The van der Waals surface area contributed by atoms with Crippen LogP contribution in [0.15, 0.2) is 24.3 Å². The fraction of sp³-hybridized carbons (Fsp3) is 0.680. The number of benzene rings is 1. The molecule has 0 bridgehead atoms. The molecule has 7 nitrogen and oxygen atoms in total. The number of nitrogens with one attached hydrogen (secondary N) is 2. The second kappa shape index (κ2) is 8.93. The first-order valence-corrected chi connectivity index (χ1v) is 11.9. The van der Waals surface area contributed by atoms with Crippen LogP contribution in [0.2, 0.25) is 0 Å². The molecular formula is C25H37N3O4. The fourth-order valence-electron chi connectivity index (χ4n) is 4.76. The largest absolute Gasteiger partial charge is 0.492 e. The molecule has 2 amide bonds. The van der Waals surface area contributed by atoms with E-state index < -0.39 is 5.60 Å². The highest BCUT2D eigenvalue weighted by molar-refractivity contribution is 5.96. The molecule has 2 N–H and O–H groups in total. The lowest BCUT2D eigenvalue weighted by Gasteiger charge is -2.43. The van der Waals surface area contributed by atoms with Gasteiger partial charge in [0.2, 0.25) is 0 Å². The van der Waals surface area contributed by atoms with Gasteiger partial charge in [-0.25, -0.2) is 4.79 Å². The molecule has 1 aromatic carbocycles. The summed E-state index contributed by atoms with van der Waals surface area (Å²) in [6.07, 6.45) is 4.79. The normalized spacial score (nSPS) is 26.1. The lowest BCUT2D eigenvalue weighted by Crippen LogP contribution is -2.53. The molecule has 1 aliphatic carbocycles. The highest BCUT2D eigenvalue weighted by atomic mass is 16.6. The predicted molar refractivity (Wildman–Crippen MR) is 123 cm³/mol. The Bertz CT molecular complexity index is 846. The van der Waals surface area contributed by atoms with Crippen LogP contribution in [0.5, 0.6) is 5.75 Å². The Hall–Kier alpha value is -2.28. The Morgan fingerprint density at radius 1 is 1.09 bits per heavy atom. The Balaban J connectivity index is 1.53. The van der Waals surface area contributed by atoms with E-state index in [1.807, 2.05) is 49.9 Å². The summed E-state index contributed by atoms with van der Waals surface area (Å²) in [7, 11) is 0. The van der Waals surface area contributed by atoms with E-state index in [2.05, 4.69) is 10.6 Å². The van der Waals surface area contributed by atoms with Crippen molar-refractivity contribution < 1.29 is 19.1 Å². The summed E-state index contributed by atoms with van der Waals surface area (Å²) < 4.78 is 11.7. The van der Waals surface area contributed by atoms with Crippen molar-refractivity contribution in [2.24, 2.45) is 10.8 Å². The molecular weight excluding hydrogens is 406 g/mol. The van der Waals surface area contributed by atoms with Crippen molar-refractivity contribution in [1.82, 2.24) is 15.5 Å². The smallest absolute Gasteiger partial charge is 0.410 e. The van der Waals surface area contributed by atoms with E-state index in [1.54, 1.807) is 0 Å². The first-order chi connectivity index (χ1) is 15.2. The summed E-state index contributed by atoms with van der Waals surface area (Å²) >= 11 is 0. The molecule has 1 saturated carbocycles. The zero-order chi connectivity index (χ0) is 22.8. The number of piperidine rings is 1. The summed E-state index contributed by atoms with van der Waals surface area (Å²) in [5.41, 5.74) is 0.0356. The molecule has 3 aliphatic rings. The molecule has 176 valence electrons. The summed E-state index contributed by atoms with van der Waals surface area (Å²) in [5.74, 6) is 0.523. The minimum atomic E-state index is -0.523. The number of hydrogen-bond acceptors (Lipinski definition) is 5. The Morgan fingerprint density at radius 2 is 1.88 bits per heavy atom. The Labute approximate surface area is 191 Å². The van der Waals surface area contributed by atoms with Crippen LogP contribution in [0.1, 0.15) is 63.2 Å². The number of carbonyl (C=O) groups is 2. The number of hydrogen-bond donors (Lipinski definition) is 2. The maximum Gasteiger partial charge on any atom is 0.410 e. The third-order valence-electron chi connectivity index (χ3n) is 6.89. The third kappa shape index (κ3) is 5.55. The average Bonchev–Trinajstić information content (AvgIpc) is 3.52. The Morgan fingerprint density at radius 3 is 2.62 bits per heavy atom. The van der Waals surface area contributed by atoms with E-state index in [0.717, 1.165) is 45.2 Å². The van der Waals surface area contributed by atoms with Crippen LogP contribution in [0.25, 0.3) is 0 Å². The van der Waals surface area contributed by atoms with Gasteiger partial charge in [0.25, 0.3) is 5.91 Å². The highest BCUT2D eigenvalue weighted by Crippen LogP contribution is 2.45. The number of nitrogens with zero attached hydrogens (tertiary/aromatic N) is 1. The SMILES string of the molecule is CC(C)(C)OC(=O)N1CCCC2(CCNCC3(CC3)COc3ccccc3C(=O)NC2)C1. The number of para-hydroxylation sites is 1. The second-order valence-corrected chi connectivity index (χ2v) is 10.9. The van der Waals surface area contributed by atoms with Crippen molar-refractivity contribution in [3.63, 3.8) is 0 Å². The quantitative estimate of drug-likeness (QED) is 0.641. The third-order valence-corrected chi connectivity index (χ3v) is 6.89. The zero-order valence-electron chi connectivity index (χ0n) is 19.7. The molecule has 2 aliphatic heterocycles. The van der Waals surface area contributed by atoms with Crippen LogP contribution in [0.3, 0.4) is 0 Å². The highest BCUT2D eigenvalue weighted by Gasteiger charge is 2.44. The van der Waals surface area contributed by atoms with E-state index in [1.165, 1.54) is 0 Å². The van der Waals surface area contributed by atoms with Crippen LogP contribution >= 0.6 is 0 Å². The summed E-state index contributed by atoms with van der Waals surface area (Å²) in [6, 6.07) is 7.47. The zero-order valence-corrected chi connectivity index (χ0v) is 19.7. The molecule has 4 rings (SSSR count). The van der Waals surface area contributed by atoms with E-state index in [0.29, 0.717) is 37.6 Å². The van der Waals surface area contributed by atoms with Gasteiger partial charge in [0.05, 0.1) is 12.2 Å². The van der Waals surface area contributed by atoms with E-state index in [9.17, 15) is 9.59 Å². The van der Waals surface area contributed by atoms with Gasteiger partial charge in [0.15, 0.2) is 0 Å². The van der Waals surface area contributed by atoms with Crippen LogP contribution in [0.4, 0.5) is 4.79 Å². The van der Waals surface area contributed by atoms with Crippen LogP contribution in [0, 0.1) is 10.8 Å². The van der Waals surface area contributed by atoms with Crippen molar-refractivity contribution >= 4 is 12.0 Å². The molecule has 2 heterocycles. The molecule has 2 fully saturated rings. The van der Waals surface area contributed by atoms with Crippen LogP contribution in [-0.4, -0.2) is 61.8 Å². The van der Waals surface area contributed by atoms with Crippen LogP contribution in [-0.2, 0) is 4.74 Å². The van der Waals surface area contributed by atoms with Crippen molar-refractivity contribution in [2.45, 2.75) is 58.5 Å². The first kappa shape index (κ1) is 22.9. The topological polar surface area (TPSA) is 79.9 Å². The van der Waals surface area contributed by atoms with Gasteiger partial charge in [-0.1, -0.05) is 12.1 Å². The van der Waals surface area contributed by atoms with Gasteiger partial charge < -0.3 is 25.0 Å². The lowest BCUT2D eigenvalue weighted by molar-refractivity contribution is 0.00282. The van der Waals surface area contributed by atoms with Crippen molar-refractivity contribution in [1.29, 1.82) is 0 Å².